The molecule has 5 heteroatoms. The molecule has 0 radical (unpaired) electrons. The highest BCUT2D eigenvalue weighted by Crippen LogP contribution is 2.14. The molecule has 0 aromatic carbocycles. The molecule has 0 spiro atoms. The van der Waals surface area contributed by atoms with Crippen LogP contribution < -0.4 is 5.48 Å². The van der Waals surface area contributed by atoms with Gasteiger partial charge in [-0.3, -0.25) is 4.79 Å². The maximum atomic E-state index is 11.8. The minimum Gasteiger partial charge on any atom is -0.465 e. The van der Waals surface area contributed by atoms with Gasteiger partial charge in [-0.25, -0.2) is 5.48 Å². The number of nitrogens with one attached hydrogen (secondary N) is 1. The zero-order valence-electron chi connectivity index (χ0n) is 14.4. The van der Waals surface area contributed by atoms with Gasteiger partial charge in [0, 0.05) is 12.3 Å². The Kier molecular flexibility index (Phi) is 16.9. The molecule has 0 rings (SSSR count). The van der Waals surface area contributed by atoms with Crippen molar-refractivity contribution >= 4 is 17.7 Å². The van der Waals surface area contributed by atoms with E-state index in [1.807, 2.05) is 18.7 Å². The fourth-order valence-corrected chi connectivity index (χ4v) is 3.18. The van der Waals surface area contributed by atoms with E-state index in [9.17, 15) is 4.79 Å². The van der Waals surface area contributed by atoms with Crippen molar-refractivity contribution in [2.75, 3.05) is 24.7 Å². The number of hydrogen-bond donors (Lipinski definition) is 2. The van der Waals surface area contributed by atoms with Gasteiger partial charge in [-0.15, -0.1) is 0 Å². The van der Waals surface area contributed by atoms with Crippen LogP contribution in [0.4, 0.5) is 0 Å². The Labute approximate surface area is 140 Å². The van der Waals surface area contributed by atoms with Crippen LogP contribution in [0.5, 0.6) is 0 Å². The van der Waals surface area contributed by atoms with Gasteiger partial charge < -0.3 is 9.94 Å². The number of unbranched alkanes of at least 4 members (excludes halogenated alkanes) is 7. The number of hydroxylamine groups is 1. The summed E-state index contributed by atoms with van der Waals surface area (Å²) in [4.78, 5) is 11.8. The fourth-order valence-electron chi connectivity index (χ4n) is 2.11. The number of rotatable bonds is 16. The molecule has 0 aliphatic carbocycles. The van der Waals surface area contributed by atoms with E-state index in [1.54, 1.807) is 0 Å². The maximum Gasteiger partial charge on any atom is 0.309 e. The summed E-state index contributed by atoms with van der Waals surface area (Å²) in [6.07, 6.45) is 10.7. The van der Waals surface area contributed by atoms with Gasteiger partial charge in [0.25, 0.3) is 0 Å². The Morgan fingerprint density at radius 2 is 1.77 bits per heavy atom. The number of hydrogen-bond acceptors (Lipinski definition) is 5. The van der Waals surface area contributed by atoms with Crippen LogP contribution in [-0.2, 0) is 9.53 Å². The molecule has 22 heavy (non-hydrogen) atoms. The molecule has 0 aromatic heterocycles. The number of ether oxygens (including phenoxy) is 1. The van der Waals surface area contributed by atoms with Gasteiger partial charge in [0.15, 0.2) is 0 Å². The lowest BCUT2D eigenvalue weighted by molar-refractivity contribution is -0.147. The Balaban J connectivity index is 3.35. The van der Waals surface area contributed by atoms with Crippen LogP contribution in [0.3, 0.4) is 0 Å². The smallest absolute Gasteiger partial charge is 0.309 e. The van der Waals surface area contributed by atoms with Gasteiger partial charge >= 0.3 is 5.97 Å². The Bertz CT molecular complexity index is 252. The largest absolute Gasteiger partial charge is 0.465 e. The molecule has 4 nitrogen and oxygen atoms in total. The molecule has 0 bridgehead atoms. The molecule has 2 N–H and O–H groups in total. The number of thioether (sulfide) groups is 1. The van der Waals surface area contributed by atoms with Crippen molar-refractivity contribution in [2.45, 2.75) is 71.6 Å². The van der Waals surface area contributed by atoms with E-state index < -0.39 is 0 Å². The minimum absolute atomic E-state index is 0.0100. The zero-order valence-corrected chi connectivity index (χ0v) is 15.3. The van der Waals surface area contributed by atoms with E-state index in [0.717, 1.165) is 30.8 Å². The van der Waals surface area contributed by atoms with Gasteiger partial charge in [-0.05, 0) is 31.4 Å². The second-order valence-corrected chi connectivity index (χ2v) is 7.03. The van der Waals surface area contributed by atoms with Crippen molar-refractivity contribution in [3.05, 3.63) is 0 Å². The summed E-state index contributed by atoms with van der Waals surface area (Å²) in [5.74, 6) is 1.93. The fraction of sp³-hybridized carbons (Fsp3) is 0.941. The monoisotopic (exact) mass is 333 g/mol. The van der Waals surface area contributed by atoms with Crippen LogP contribution in [0, 0.1) is 5.92 Å². The highest BCUT2D eigenvalue weighted by molar-refractivity contribution is 7.99. The van der Waals surface area contributed by atoms with Gasteiger partial charge in [0.2, 0.25) is 0 Å². The maximum absolute atomic E-state index is 11.8. The molecule has 1 unspecified atom stereocenters. The van der Waals surface area contributed by atoms with Gasteiger partial charge in [0.1, 0.15) is 0 Å². The molecule has 1 atom stereocenters. The Morgan fingerprint density at radius 1 is 1.09 bits per heavy atom. The summed E-state index contributed by atoms with van der Waals surface area (Å²) in [7, 11) is 0. The van der Waals surface area contributed by atoms with Crippen LogP contribution in [0.2, 0.25) is 0 Å². The summed E-state index contributed by atoms with van der Waals surface area (Å²) >= 11 is 1.87. The SMILES string of the molecule is CCCCCCCCSCC(C)C(=O)OCCCCCNO. The third kappa shape index (κ3) is 14.7. The lowest BCUT2D eigenvalue weighted by Crippen LogP contribution is -2.18. The first-order valence-electron chi connectivity index (χ1n) is 8.83. The zero-order chi connectivity index (χ0) is 16.5. The second-order valence-electron chi connectivity index (χ2n) is 5.88. The topological polar surface area (TPSA) is 58.6 Å². The average Bonchev–Trinajstić information content (AvgIpc) is 2.52. The third-order valence-corrected chi connectivity index (χ3v) is 4.90. The van der Waals surface area contributed by atoms with Crippen LogP contribution in [0.15, 0.2) is 0 Å². The van der Waals surface area contributed by atoms with Gasteiger partial charge in [-0.1, -0.05) is 46.0 Å². The first-order chi connectivity index (χ1) is 10.7. The molecule has 0 amide bonds. The number of carbonyl (C=O) groups is 1. The molecule has 0 aliphatic heterocycles. The molecular formula is C17H35NO3S. The highest BCUT2D eigenvalue weighted by atomic mass is 32.2. The lowest BCUT2D eigenvalue weighted by Gasteiger charge is -2.11. The molecule has 0 heterocycles. The summed E-state index contributed by atoms with van der Waals surface area (Å²) in [6.45, 7) is 5.28. The quantitative estimate of drug-likeness (QED) is 0.249. The van der Waals surface area contributed by atoms with E-state index in [-0.39, 0.29) is 11.9 Å². The summed E-state index contributed by atoms with van der Waals surface area (Å²) < 4.78 is 5.27. The lowest BCUT2D eigenvalue weighted by atomic mass is 10.1. The van der Waals surface area contributed by atoms with Crippen molar-refractivity contribution < 1.29 is 14.7 Å². The van der Waals surface area contributed by atoms with E-state index in [0.29, 0.717) is 13.2 Å². The van der Waals surface area contributed by atoms with Crippen molar-refractivity contribution in [1.29, 1.82) is 0 Å². The summed E-state index contributed by atoms with van der Waals surface area (Å²) in [5.41, 5.74) is 2.12. The number of carbonyl (C=O) groups excluding carboxylic acids is 1. The summed E-state index contributed by atoms with van der Waals surface area (Å²) in [6, 6.07) is 0. The van der Waals surface area contributed by atoms with Gasteiger partial charge in [0.05, 0.1) is 12.5 Å². The van der Waals surface area contributed by atoms with Crippen molar-refractivity contribution in [3.8, 4) is 0 Å². The molecular weight excluding hydrogens is 298 g/mol. The molecule has 0 aliphatic rings. The molecule has 0 saturated heterocycles. The first kappa shape index (κ1) is 21.7. The third-order valence-electron chi connectivity index (χ3n) is 3.59. The molecule has 0 aromatic rings. The normalized spacial score (nSPS) is 12.3. The standard InChI is InChI=1S/C17H35NO3S/c1-3-4-5-6-7-11-14-22-15-16(2)17(19)21-13-10-8-9-12-18-20/h16,18,20H,3-15H2,1-2H3. The van der Waals surface area contributed by atoms with Gasteiger partial charge in [-0.2, -0.15) is 11.8 Å². The van der Waals surface area contributed by atoms with Crippen LogP contribution in [0.1, 0.15) is 71.6 Å². The predicted molar refractivity (Wildman–Crippen MR) is 94.5 cm³/mol. The van der Waals surface area contributed by atoms with E-state index >= 15 is 0 Å². The highest BCUT2D eigenvalue weighted by Gasteiger charge is 2.13. The molecule has 0 fully saturated rings. The number of esters is 1. The van der Waals surface area contributed by atoms with Crippen molar-refractivity contribution in [3.63, 3.8) is 0 Å². The predicted octanol–water partition coefficient (Wildman–Crippen LogP) is 4.41. The van der Waals surface area contributed by atoms with E-state index in [1.165, 1.54) is 38.5 Å². The Morgan fingerprint density at radius 3 is 2.50 bits per heavy atom. The van der Waals surface area contributed by atoms with E-state index in [4.69, 9.17) is 9.94 Å². The summed E-state index contributed by atoms with van der Waals surface area (Å²) in [5, 5.41) is 8.42. The van der Waals surface area contributed by atoms with Crippen molar-refractivity contribution in [1.82, 2.24) is 5.48 Å². The van der Waals surface area contributed by atoms with Crippen LogP contribution in [-0.4, -0.2) is 35.8 Å². The van der Waals surface area contributed by atoms with Crippen molar-refractivity contribution in [2.24, 2.45) is 5.92 Å². The first-order valence-corrected chi connectivity index (χ1v) is 9.99. The van der Waals surface area contributed by atoms with Crippen LogP contribution in [0.25, 0.3) is 0 Å². The van der Waals surface area contributed by atoms with E-state index in [2.05, 4.69) is 12.4 Å². The molecule has 0 saturated carbocycles. The second kappa shape index (κ2) is 17.1. The Hall–Kier alpha value is -0.260. The van der Waals surface area contributed by atoms with Crippen LogP contribution >= 0.6 is 11.8 Å². The molecule has 132 valence electrons. The minimum atomic E-state index is -0.0734. The average molecular weight is 334 g/mol.